The van der Waals surface area contributed by atoms with Crippen LogP contribution in [0.15, 0.2) is 41.3 Å². The van der Waals surface area contributed by atoms with Crippen molar-refractivity contribution in [3.8, 4) is 0 Å². The Labute approximate surface area is 209 Å². The highest BCUT2D eigenvalue weighted by Gasteiger charge is 2.24. The summed E-state index contributed by atoms with van der Waals surface area (Å²) in [6.45, 7) is 8.04. The Kier molecular flexibility index (Phi) is 7.89. The van der Waals surface area contributed by atoms with E-state index in [2.05, 4.69) is 4.90 Å². The van der Waals surface area contributed by atoms with Crippen LogP contribution in [0.2, 0.25) is 5.02 Å². The van der Waals surface area contributed by atoms with E-state index in [0.717, 1.165) is 55.0 Å². The number of halogens is 1. The number of rotatable bonds is 8. The Morgan fingerprint density at radius 1 is 1.24 bits per heavy atom. The van der Waals surface area contributed by atoms with Crippen LogP contribution < -0.4 is 4.90 Å². The number of amides is 1. The number of benzene rings is 2. The normalized spacial score (nSPS) is 15.0. The van der Waals surface area contributed by atoms with Crippen LogP contribution in [0.25, 0.3) is 10.2 Å². The first-order chi connectivity index (χ1) is 16.3. The number of aryl methyl sites for hydroxylation is 1. The van der Waals surface area contributed by atoms with Gasteiger partial charge in [-0.25, -0.2) is 13.4 Å². The van der Waals surface area contributed by atoms with Gasteiger partial charge in [0.05, 0.1) is 39.1 Å². The summed E-state index contributed by atoms with van der Waals surface area (Å²) < 4.78 is 31.0. The Bertz CT molecular complexity index is 1250. The molecule has 3 aromatic rings. The lowest BCUT2D eigenvalue weighted by Gasteiger charge is -2.27. The van der Waals surface area contributed by atoms with Gasteiger partial charge in [-0.15, -0.1) is 0 Å². The van der Waals surface area contributed by atoms with E-state index in [4.69, 9.17) is 21.3 Å². The molecule has 0 saturated carbocycles. The summed E-state index contributed by atoms with van der Waals surface area (Å²) in [5.41, 5.74) is 2.09. The van der Waals surface area contributed by atoms with E-state index in [0.29, 0.717) is 22.3 Å². The highest BCUT2D eigenvalue weighted by molar-refractivity contribution is 7.91. The topological polar surface area (TPSA) is 79.8 Å². The van der Waals surface area contributed by atoms with Gasteiger partial charge in [0.15, 0.2) is 15.0 Å². The first-order valence-electron chi connectivity index (χ1n) is 11.3. The number of thiazole rings is 1. The summed E-state index contributed by atoms with van der Waals surface area (Å²) in [7, 11) is -3.43. The van der Waals surface area contributed by atoms with Gasteiger partial charge in [-0.2, -0.15) is 0 Å². The molecule has 34 heavy (non-hydrogen) atoms. The molecule has 0 unspecified atom stereocenters. The highest BCUT2D eigenvalue weighted by Crippen LogP contribution is 2.36. The molecule has 0 atom stereocenters. The Hall–Kier alpha value is -2.04. The Morgan fingerprint density at radius 2 is 2.00 bits per heavy atom. The van der Waals surface area contributed by atoms with Crippen LogP contribution in [0.4, 0.5) is 5.13 Å². The summed E-state index contributed by atoms with van der Waals surface area (Å²) >= 11 is 7.80. The van der Waals surface area contributed by atoms with Crippen molar-refractivity contribution >= 4 is 54.0 Å². The minimum atomic E-state index is -3.43. The molecule has 1 aliphatic heterocycles. The van der Waals surface area contributed by atoms with Gasteiger partial charge in [0.2, 0.25) is 0 Å². The zero-order valence-corrected chi connectivity index (χ0v) is 21.7. The van der Waals surface area contributed by atoms with Gasteiger partial charge in [0, 0.05) is 31.7 Å². The second kappa shape index (κ2) is 10.7. The molecule has 1 aromatic heterocycles. The van der Waals surface area contributed by atoms with Crippen LogP contribution in [-0.4, -0.2) is 69.4 Å². The lowest BCUT2D eigenvalue weighted by Crippen LogP contribution is -2.39. The average Bonchev–Trinajstić information content (AvgIpc) is 3.31. The molecule has 0 aliphatic carbocycles. The van der Waals surface area contributed by atoms with Gasteiger partial charge in [-0.1, -0.05) is 42.0 Å². The van der Waals surface area contributed by atoms with E-state index < -0.39 is 9.84 Å². The van der Waals surface area contributed by atoms with Crippen LogP contribution in [0.3, 0.4) is 0 Å². The molecule has 4 rings (SSSR count). The smallest absolute Gasteiger partial charge is 0.260 e. The quantitative estimate of drug-likeness (QED) is 0.436. The van der Waals surface area contributed by atoms with Crippen molar-refractivity contribution in [2.45, 2.75) is 25.2 Å². The Balaban J connectivity index is 1.66. The summed E-state index contributed by atoms with van der Waals surface area (Å²) in [5.74, 6) is -0.299. The summed E-state index contributed by atoms with van der Waals surface area (Å²) in [6, 6.07) is 10.0. The standard InChI is InChI=1S/C24H28ClN3O4S2/c1-3-34(30,31)19-7-4-6-18(16-19)23(29)28(11-5-10-27-12-14-32-15-13-27)24-26-21-17(2)8-9-20(25)22(21)33-24/h4,6-9,16H,3,5,10-15H2,1-2H3. The third kappa shape index (κ3) is 5.44. The van der Waals surface area contributed by atoms with Gasteiger partial charge >= 0.3 is 0 Å². The molecule has 2 heterocycles. The molecular weight excluding hydrogens is 494 g/mol. The van der Waals surface area contributed by atoms with Crippen molar-refractivity contribution in [3.05, 3.63) is 52.5 Å². The Morgan fingerprint density at radius 3 is 2.71 bits per heavy atom. The minimum Gasteiger partial charge on any atom is -0.379 e. The van der Waals surface area contributed by atoms with Crippen LogP contribution in [0.1, 0.15) is 29.3 Å². The van der Waals surface area contributed by atoms with E-state index in [-0.39, 0.29) is 16.6 Å². The van der Waals surface area contributed by atoms with E-state index in [9.17, 15) is 13.2 Å². The largest absolute Gasteiger partial charge is 0.379 e. The van der Waals surface area contributed by atoms with Crippen molar-refractivity contribution in [2.75, 3.05) is 50.0 Å². The third-order valence-corrected chi connectivity index (χ3v) is 9.21. The fourth-order valence-electron chi connectivity index (χ4n) is 3.91. The van der Waals surface area contributed by atoms with Gasteiger partial charge in [0.25, 0.3) is 5.91 Å². The van der Waals surface area contributed by atoms with Gasteiger partial charge in [-0.3, -0.25) is 14.6 Å². The van der Waals surface area contributed by atoms with Crippen molar-refractivity contribution in [1.29, 1.82) is 0 Å². The van der Waals surface area contributed by atoms with E-state index in [1.807, 2.05) is 19.1 Å². The van der Waals surface area contributed by atoms with Crippen molar-refractivity contribution in [2.24, 2.45) is 0 Å². The van der Waals surface area contributed by atoms with Gasteiger partial charge in [0.1, 0.15) is 0 Å². The fourth-order valence-corrected chi connectivity index (χ4v) is 6.18. The summed E-state index contributed by atoms with van der Waals surface area (Å²) in [6.07, 6.45) is 0.751. The number of sulfone groups is 1. The number of ether oxygens (including phenoxy) is 1. The summed E-state index contributed by atoms with van der Waals surface area (Å²) in [5, 5.41) is 1.16. The predicted molar refractivity (Wildman–Crippen MR) is 137 cm³/mol. The number of hydrogen-bond acceptors (Lipinski definition) is 7. The maximum Gasteiger partial charge on any atom is 0.260 e. The number of morpholine rings is 1. The van der Waals surface area contributed by atoms with Crippen LogP contribution >= 0.6 is 22.9 Å². The molecule has 1 fully saturated rings. The fraction of sp³-hybridized carbons (Fsp3) is 0.417. The molecule has 1 saturated heterocycles. The first-order valence-corrected chi connectivity index (χ1v) is 14.2. The third-order valence-electron chi connectivity index (χ3n) is 5.94. The van der Waals surface area contributed by atoms with Crippen molar-refractivity contribution in [3.63, 3.8) is 0 Å². The molecular formula is C24H28ClN3O4S2. The van der Waals surface area contributed by atoms with E-state index in [1.165, 1.54) is 23.5 Å². The molecule has 10 heteroatoms. The first kappa shape index (κ1) is 25.1. The monoisotopic (exact) mass is 521 g/mol. The second-order valence-electron chi connectivity index (χ2n) is 8.23. The summed E-state index contributed by atoms with van der Waals surface area (Å²) in [4.78, 5) is 22.6. The highest BCUT2D eigenvalue weighted by atomic mass is 35.5. The number of anilines is 1. The predicted octanol–water partition coefficient (Wildman–Crippen LogP) is 4.42. The molecule has 1 amide bonds. The number of nitrogens with zero attached hydrogens (tertiary/aromatic N) is 3. The SMILES string of the molecule is CCS(=O)(=O)c1cccc(C(=O)N(CCCN2CCOCC2)c2nc3c(C)ccc(Cl)c3s2)c1. The lowest BCUT2D eigenvalue weighted by molar-refractivity contribution is 0.0376. The zero-order valence-electron chi connectivity index (χ0n) is 19.3. The number of hydrogen-bond donors (Lipinski definition) is 0. The van der Waals surface area contributed by atoms with Gasteiger partial charge in [-0.05, 0) is 43.2 Å². The molecule has 1 aliphatic rings. The number of carbonyl (C=O) groups is 1. The molecule has 0 N–H and O–H groups in total. The minimum absolute atomic E-state index is 0.0243. The van der Waals surface area contributed by atoms with Crippen molar-refractivity contribution in [1.82, 2.24) is 9.88 Å². The lowest BCUT2D eigenvalue weighted by atomic mass is 10.2. The molecule has 7 nitrogen and oxygen atoms in total. The zero-order chi connectivity index (χ0) is 24.3. The van der Waals surface area contributed by atoms with E-state index >= 15 is 0 Å². The van der Waals surface area contributed by atoms with Gasteiger partial charge < -0.3 is 4.74 Å². The van der Waals surface area contributed by atoms with Crippen LogP contribution in [-0.2, 0) is 14.6 Å². The second-order valence-corrected chi connectivity index (χ2v) is 11.9. The average molecular weight is 522 g/mol. The molecule has 0 radical (unpaired) electrons. The van der Waals surface area contributed by atoms with Crippen LogP contribution in [0.5, 0.6) is 0 Å². The molecule has 182 valence electrons. The maximum absolute atomic E-state index is 13.7. The molecule has 2 aromatic carbocycles. The molecule has 0 spiro atoms. The number of carbonyl (C=O) groups excluding carboxylic acids is 1. The number of fused-ring (bicyclic) bond motifs is 1. The van der Waals surface area contributed by atoms with E-state index in [1.54, 1.807) is 24.0 Å². The van der Waals surface area contributed by atoms with Crippen LogP contribution in [0, 0.1) is 6.92 Å². The molecule has 0 bridgehead atoms. The van der Waals surface area contributed by atoms with Crippen molar-refractivity contribution < 1.29 is 17.9 Å². The number of aromatic nitrogens is 1. The maximum atomic E-state index is 13.7.